The van der Waals surface area contributed by atoms with Gasteiger partial charge in [-0.15, -0.1) is 0 Å². The van der Waals surface area contributed by atoms with Crippen molar-refractivity contribution in [3.05, 3.63) is 187 Å². The summed E-state index contributed by atoms with van der Waals surface area (Å²) in [6.07, 6.45) is 0. The molecule has 232 valence electrons. The van der Waals surface area contributed by atoms with Crippen molar-refractivity contribution in [2.75, 3.05) is 0 Å². The molecule has 8 aromatic rings. The van der Waals surface area contributed by atoms with E-state index in [4.69, 9.17) is 0 Å². The number of nitriles is 3. The van der Waals surface area contributed by atoms with Crippen molar-refractivity contribution in [3.8, 4) is 35.0 Å². The van der Waals surface area contributed by atoms with Crippen molar-refractivity contribution in [1.29, 1.82) is 15.8 Å². The van der Waals surface area contributed by atoms with Gasteiger partial charge in [0.25, 0.3) is 0 Å². The monoisotopic (exact) mass is 652 g/mol. The Morgan fingerprint density at radius 3 is 1.28 bits per heavy atom. The summed E-state index contributed by atoms with van der Waals surface area (Å²) in [6, 6.07) is 65.4. The number of aromatic nitrogens is 1. The zero-order chi connectivity index (χ0) is 34.1. The van der Waals surface area contributed by atoms with E-state index in [1.165, 1.54) is 20.7 Å². The van der Waals surface area contributed by atoms with Gasteiger partial charge < -0.3 is 4.57 Å². The molecule has 0 radical (unpaired) electrons. The minimum Gasteiger partial charge on any atom is -0.308 e. The molecule has 0 spiro atoms. The Balaban J connectivity index is 1.27. The van der Waals surface area contributed by atoms with Crippen molar-refractivity contribution < 1.29 is 0 Å². The second kappa shape index (κ2) is 12.6. The van der Waals surface area contributed by atoms with Crippen molar-refractivity contribution in [3.63, 3.8) is 0 Å². The number of hydrogen-bond donors (Lipinski definition) is 0. The van der Waals surface area contributed by atoms with Gasteiger partial charge in [0.1, 0.15) is 6.07 Å². The lowest BCUT2D eigenvalue weighted by Gasteiger charge is -2.34. The van der Waals surface area contributed by atoms with Crippen molar-refractivity contribution >= 4 is 50.6 Å². The minimum atomic E-state index is -2.65. The third-order valence-electron chi connectivity index (χ3n) is 9.65. The Morgan fingerprint density at radius 2 is 0.840 bits per heavy atom. The van der Waals surface area contributed by atoms with E-state index in [0.29, 0.717) is 16.7 Å². The second-order valence-corrected chi connectivity index (χ2v) is 16.1. The quantitative estimate of drug-likeness (QED) is 0.138. The van der Waals surface area contributed by atoms with Crippen molar-refractivity contribution in [1.82, 2.24) is 4.57 Å². The Kier molecular flexibility index (Phi) is 7.63. The lowest BCUT2D eigenvalue weighted by atomic mass is 10.0. The van der Waals surface area contributed by atoms with Gasteiger partial charge in [0, 0.05) is 10.8 Å². The summed E-state index contributed by atoms with van der Waals surface area (Å²) in [4.78, 5) is 0. The largest absolute Gasteiger partial charge is 0.308 e. The standard InChI is InChI=1S/C45H28N4Si/c46-29-32-16-23-44-41(26-32)42-27-33(30-47)17-24-45(42)49(44)43-25-20-35(28-36(43)31-48)34-18-21-40(22-19-34)50(37-10-4-1-5-11-37,38-12-6-2-7-13-38)39-14-8-3-9-15-39/h1-28H. The van der Waals surface area contributed by atoms with Crippen LogP contribution in [0.1, 0.15) is 16.7 Å². The van der Waals surface area contributed by atoms with Crippen LogP contribution >= 0.6 is 0 Å². The highest BCUT2D eigenvalue weighted by atomic mass is 28.3. The highest BCUT2D eigenvalue weighted by Gasteiger charge is 2.41. The van der Waals surface area contributed by atoms with Crippen molar-refractivity contribution in [2.45, 2.75) is 0 Å². The minimum absolute atomic E-state index is 0.528. The fourth-order valence-electron chi connectivity index (χ4n) is 7.40. The first-order chi connectivity index (χ1) is 24.6. The van der Waals surface area contributed by atoms with Gasteiger partial charge in [0.2, 0.25) is 0 Å². The number of hydrogen-bond acceptors (Lipinski definition) is 3. The first kappa shape index (κ1) is 30.4. The van der Waals surface area contributed by atoms with Gasteiger partial charge in [-0.3, -0.25) is 0 Å². The molecular weight excluding hydrogens is 625 g/mol. The zero-order valence-corrected chi connectivity index (χ0v) is 28.0. The smallest absolute Gasteiger partial charge is 0.179 e. The van der Waals surface area contributed by atoms with Crippen LogP contribution in [0, 0.1) is 34.0 Å². The van der Waals surface area contributed by atoms with E-state index in [-0.39, 0.29) is 0 Å². The van der Waals surface area contributed by atoms with Crippen LogP contribution in [-0.2, 0) is 0 Å². The molecule has 1 heterocycles. The maximum Gasteiger partial charge on any atom is 0.179 e. The van der Waals surface area contributed by atoms with Gasteiger partial charge in [-0.2, -0.15) is 15.8 Å². The number of nitrogens with zero attached hydrogens (tertiary/aromatic N) is 4. The Bertz CT molecular complexity index is 2490. The van der Waals surface area contributed by atoms with E-state index in [2.05, 4.69) is 144 Å². The summed E-state index contributed by atoms with van der Waals surface area (Å²) >= 11 is 0. The molecule has 0 N–H and O–H groups in total. The van der Waals surface area contributed by atoms with Gasteiger partial charge >= 0.3 is 0 Å². The normalized spacial score (nSPS) is 11.1. The lowest BCUT2D eigenvalue weighted by Crippen LogP contribution is -2.74. The van der Waals surface area contributed by atoms with Gasteiger partial charge in [0.05, 0.1) is 45.5 Å². The molecule has 4 nitrogen and oxygen atoms in total. The molecule has 0 saturated carbocycles. The molecule has 0 amide bonds. The first-order valence-electron chi connectivity index (χ1n) is 16.4. The summed E-state index contributed by atoms with van der Waals surface area (Å²) in [5, 5.41) is 36.6. The fraction of sp³-hybridized carbons (Fsp3) is 0. The molecule has 0 aliphatic rings. The molecule has 8 rings (SSSR count). The summed E-state index contributed by atoms with van der Waals surface area (Å²) in [5.74, 6) is 0. The van der Waals surface area contributed by atoms with E-state index < -0.39 is 8.07 Å². The Hall–Kier alpha value is -6.97. The highest BCUT2D eigenvalue weighted by molar-refractivity contribution is 7.19. The molecule has 0 bridgehead atoms. The highest BCUT2D eigenvalue weighted by Crippen LogP contribution is 2.35. The summed E-state index contributed by atoms with van der Waals surface area (Å²) in [7, 11) is -2.65. The van der Waals surface area contributed by atoms with E-state index >= 15 is 0 Å². The van der Waals surface area contributed by atoms with E-state index in [0.717, 1.165) is 38.6 Å². The van der Waals surface area contributed by atoms with Gasteiger partial charge in [0.15, 0.2) is 8.07 Å². The molecule has 5 heteroatoms. The summed E-state index contributed by atoms with van der Waals surface area (Å²) < 4.78 is 2.05. The molecule has 0 unspecified atom stereocenters. The topological polar surface area (TPSA) is 76.3 Å². The summed E-state index contributed by atoms with van der Waals surface area (Å²) in [6.45, 7) is 0. The molecular formula is C45H28N4Si. The van der Waals surface area contributed by atoms with Gasteiger partial charge in [-0.05, 0) is 80.4 Å². The van der Waals surface area contributed by atoms with Crippen LogP contribution < -0.4 is 20.7 Å². The van der Waals surface area contributed by atoms with Crippen LogP contribution in [0.5, 0.6) is 0 Å². The SMILES string of the molecule is N#Cc1ccc2c(c1)c1cc(C#N)ccc1n2-c1ccc(-c2ccc([Si](c3ccccc3)(c3ccccc3)c3ccccc3)cc2)cc1C#N. The van der Waals surface area contributed by atoms with Crippen LogP contribution in [-0.4, -0.2) is 12.6 Å². The zero-order valence-electron chi connectivity index (χ0n) is 27.0. The van der Waals surface area contributed by atoms with E-state index in [9.17, 15) is 15.8 Å². The molecule has 0 fully saturated rings. The number of benzene rings is 7. The number of fused-ring (bicyclic) bond motifs is 3. The van der Waals surface area contributed by atoms with Crippen molar-refractivity contribution in [2.24, 2.45) is 0 Å². The average molecular weight is 653 g/mol. The molecule has 7 aromatic carbocycles. The third-order valence-corrected chi connectivity index (χ3v) is 14.5. The van der Waals surface area contributed by atoms with Gasteiger partial charge in [-0.1, -0.05) is 121 Å². The molecule has 0 saturated heterocycles. The van der Waals surface area contributed by atoms with Crippen LogP contribution in [0.2, 0.25) is 0 Å². The maximum atomic E-state index is 10.5. The van der Waals surface area contributed by atoms with Crippen LogP contribution in [0.25, 0.3) is 38.6 Å². The predicted molar refractivity (Wildman–Crippen MR) is 204 cm³/mol. The molecule has 0 aliphatic carbocycles. The van der Waals surface area contributed by atoms with Crippen LogP contribution in [0.15, 0.2) is 170 Å². The van der Waals surface area contributed by atoms with Crippen LogP contribution in [0.3, 0.4) is 0 Å². The number of rotatable bonds is 6. The third kappa shape index (κ3) is 4.88. The maximum absolute atomic E-state index is 10.5. The van der Waals surface area contributed by atoms with E-state index in [1.807, 2.05) is 36.4 Å². The second-order valence-electron chi connectivity index (χ2n) is 12.3. The Labute approximate surface area is 291 Å². The average Bonchev–Trinajstić information content (AvgIpc) is 3.52. The predicted octanol–water partition coefficient (Wildman–Crippen LogP) is 7.44. The Morgan fingerprint density at radius 1 is 0.400 bits per heavy atom. The molecule has 0 atom stereocenters. The fourth-order valence-corrected chi connectivity index (χ4v) is 12.1. The first-order valence-corrected chi connectivity index (χ1v) is 18.4. The molecule has 50 heavy (non-hydrogen) atoms. The lowest BCUT2D eigenvalue weighted by molar-refractivity contribution is 1.17. The van der Waals surface area contributed by atoms with Crippen LogP contribution in [0.4, 0.5) is 0 Å². The molecule has 0 aliphatic heterocycles. The summed E-state index contributed by atoms with van der Waals surface area (Å²) in [5.41, 5.74) is 6.05. The van der Waals surface area contributed by atoms with E-state index in [1.54, 1.807) is 12.1 Å². The molecule has 1 aromatic heterocycles. The van der Waals surface area contributed by atoms with Gasteiger partial charge in [-0.25, -0.2) is 0 Å².